The van der Waals surface area contributed by atoms with Gasteiger partial charge in [0.1, 0.15) is 6.61 Å². The number of fused-ring (bicyclic) bond motifs is 3. The number of nitrogens with one attached hydrogen (secondary N) is 1. The van der Waals surface area contributed by atoms with Crippen molar-refractivity contribution in [2.45, 2.75) is 18.8 Å². The van der Waals surface area contributed by atoms with E-state index in [0.717, 1.165) is 6.42 Å². The van der Waals surface area contributed by atoms with Gasteiger partial charge in [0, 0.05) is 20.7 Å². The van der Waals surface area contributed by atoms with Crippen LogP contribution in [0.3, 0.4) is 0 Å². The lowest BCUT2D eigenvalue weighted by atomic mass is 9.92. The van der Waals surface area contributed by atoms with Crippen LogP contribution in [0.15, 0.2) is 24.3 Å². The molecule has 1 aromatic carbocycles. The summed E-state index contributed by atoms with van der Waals surface area (Å²) < 4.78 is 4.79. The fourth-order valence-corrected chi connectivity index (χ4v) is 3.81. The Labute approximate surface area is 137 Å². The number of amides is 2. The van der Waals surface area contributed by atoms with E-state index in [9.17, 15) is 9.59 Å². The summed E-state index contributed by atoms with van der Waals surface area (Å²) in [5.74, 6) is 1.57. The van der Waals surface area contributed by atoms with Crippen molar-refractivity contribution in [1.82, 2.24) is 10.2 Å². The molecule has 5 nitrogen and oxygen atoms in total. The molecule has 0 saturated heterocycles. The first-order chi connectivity index (χ1) is 11.1. The maximum atomic E-state index is 12.0. The number of ether oxygens (including phenoxy) is 1. The van der Waals surface area contributed by atoms with Gasteiger partial charge >= 0.3 is 0 Å². The SMILES string of the molecule is COCC(=O)N(C)CC(=O)NC[C@@H]1[C@H]2CCc3ccccc3[C@@H]21. The molecule has 0 spiro atoms. The third-order valence-corrected chi connectivity index (χ3v) is 5.10. The van der Waals surface area contributed by atoms with Gasteiger partial charge in [-0.25, -0.2) is 0 Å². The molecule has 0 radical (unpaired) electrons. The van der Waals surface area contributed by atoms with E-state index in [1.165, 1.54) is 29.6 Å². The summed E-state index contributed by atoms with van der Waals surface area (Å²) >= 11 is 0. The number of aryl methyl sites for hydroxylation is 1. The molecular weight excluding hydrogens is 292 g/mol. The number of rotatable bonds is 6. The molecular formula is C18H24N2O3. The summed E-state index contributed by atoms with van der Waals surface area (Å²) in [5, 5.41) is 2.99. The van der Waals surface area contributed by atoms with Crippen LogP contribution in [0.5, 0.6) is 0 Å². The van der Waals surface area contributed by atoms with Gasteiger partial charge in [-0.1, -0.05) is 24.3 Å². The largest absolute Gasteiger partial charge is 0.375 e. The van der Waals surface area contributed by atoms with Gasteiger partial charge < -0.3 is 15.0 Å². The normalized spacial score (nSPS) is 24.3. The molecule has 2 aliphatic carbocycles. The van der Waals surface area contributed by atoms with Crippen LogP contribution in [0, 0.1) is 11.8 Å². The molecule has 0 heterocycles. The molecule has 2 amide bonds. The van der Waals surface area contributed by atoms with E-state index < -0.39 is 0 Å². The quantitative estimate of drug-likeness (QED) is 0.857. The molecule has 1 saturated carbocycles. The fourth-order valence-electron chi connectivity index (χ4n) is 3.81. The highest BCUT2D eigenvalue weighted by Crippen LogP contribution is 2.59. The highest BCUT2D eigenvalue weighted by molar-refractivity contribution is 5.85. The molecule has 2 aliphatic rings. The number of carbonyl (C=O) groups is 2. The van der Waals surface area contributed by atoms with Gasteiger partial charge in [-0.2, -0.15) is 0 Å². The zero-order valence-electron chi connectivity index (χ0n) is 13.7. The van der Waals surface area contributed by atoms with E-state index in [1.54, 1.807) is 7.05 Å². The number of hydrogen-bond donors (Lipinski definition) is 1. The van der Waals surface area contributed by atoms with Crippen molar-refractivity contribution in [3.8, 4) is 0 Å². The summed E-state index contributed by atoms with van der Waals surface area (Å²) in [7, 11) is 3.09. The Morgan fingerprint density at radius 2 is 2.13 bits per heavy atom. The summed E-state index contributed by atoms with van der Waals surface area (Å²) in [6.45, 7) is 0.795. The third-order valence-electron chi connectivity index (χ3n) is 5.10. The van der Waals surface area contributed by atoms with Crippen LogP contribution in [0.1, 0.15) is 23.5 Å². The maximum absolute atomic E-state index is 12.0. The first kappa shape index (κ1) is 16.0. The van der Waals surface area contributed by atoms with Crippen LogP contribution >= 0.6 is 0 Å². The van der Waals surface area contributed by atoms with E-state index in [4.69, 9.17) is 4.74 Å². The smallest absolute Gasteiger partial charge is 0.248 e. The van der Waals surface area contributed by atoms with Gasteiger partial charge in [-0.3, -0.25) is 9.59 Å². The predicted molar refractivity (Wildman–Crippen MR) is 87.0 cm³/mol. The lowest BCUT2D eigenvalue weighted by molar-refractivity contribution is -0.137. The second-order valence-corrected chi connectivity index (χ2v) is 6.58. The summed E-state index contributed by atoms with van der Waals surface area (Å²) in [5.41, 5.74) is 2.93. The predicted octanol–water partition coefficient (Wildman–Crippen LogP) is 1.18. The van der Waals surface area contributed by atoms with Crippen molar-refractivity contribution >= 4 is 11.8 Å². The maximum Gasteiger partial charge on any atom is 0.248 e. The molecule has 1 aromatic rings. The average Bonchev–Trinajstić information content (AvgIpc) is 3.27. The van der Waals surface area contributed by atoms with Crippen LogP contribution in [0.2, 0.25) is 0 Å². The number of methoxy groups -OCH3 is 1. The van der Waals surface area contributed by atoms with Crippen molar-refractivity contribution in [3.05, 3.63) is 35.4 Å². The Bertz CT molecular complexity index is 602. The molecule has 1 N–H and O–H groups in total. The molecule has 23 heavy (non-hydrogen) atoms. The van der Waals surface area contributed by atoms with Crippen molar-refractivity contribution in [1.29, 1.82) is 0 Å². The topological polar surface area (TPSA) is 58.6 Å². The zero-order chi connectivity index (χ0) is 16.4. The van der Waals surface area contributed by atoms with E-state index in [2.05, 4.69) is 29.6 Å². The lowest BCUT2D eigenvalue weighted by Crippen LogP contribution is -2.40. The average molecular weight is 316 g/mol. The van der Waals surface area contributed by atoms with Crippen molar-refractivity contribution in [2.24, 2.45) is 11.8 Å². The highest BCUT2D eigenvalue weighted by Gasteiger charge is 2.52. The number of likely N-dealkylation sites (N-methyl/N-ethyl adjacent to an activating group) is 1. The first-order valence-corrected chi connectivity index (χ1v) is 8.19. The zero-order valence-corrected chi connectivity index (χ0v) is 13.7. The van der Waals surface area contributed by atoms with Gasteiger partial charge in [0.2, 0.25) is 11.8 Å². The Hall–Kier alpha value is -1.88. The van der Waals surface area contributed by atoms with Gasteiger partial charge in [0.25, 0.3) is 0 Å². The van der Waals surface area contributed by atoms with Crippen LogP contribution in [0.4, 0.5) is 0 Å². The minimum absolute atomic E-state index is 0.00728. The Morgan fingerprint density at radius 3 is 2.91 bits per heavy atom. The van der Waals surface area contributed by atoms with E-state index in [1.807, 2.05) is 0 Å². The molecule has 5 heteroatoms. The highest BCUT2D eigenvalue weighted by atomic mass is 16.5. The first-order valence-electron chi connectivity index (χ1n) is 8.19. The second-order valence-electron chi connectivity index (χ2n) is 6.58. The van der Waals surface area contributed by atoms with Crippen LogP contribution in [0.25, 0.3) is 0 Å². The Morgan fingerprint density at radius 1 is 1.35 bits per heavy atom. The number of carbonyl (C=O) groups excluding carboxylic acids is 2. The Kier molecular flexibility index (Phi) is 4.66. The molecule has 0 aromatic heterocycles. The second kappa shape index (κ2) is 6.71. The van der Waals surface area contributed by atoms with Crippen molar-refractivity contribution < 1.29 is 14.3 Å². The van der Waals surface area contributed by atoms with Gasteiger partial charge in [-0.05, 0) is 41.7 Å². The van der Waals surface area contributed by atoms with Gasteiger partial charge in [-0.15, -0.1) is 0 Å². The third kappa shape index (κ3) is 3.39. The van der Waals surface area contributed by atoms with Gasteiger partial charge in [0.05, 0.1) is 6.54 Å². The minimum atomic E-state index is -0.184. The molecule has 3 rings (SSSR count). The number of hydrogen-bond acceptors (Lipinski definition) is 3. The van der Waals surface area contributed by atoms with Crippen LogP contribution in [-0.4, -0.2) is 50.6 Å². The molecule has 3 atom stereocenters. The summed E-state index contributed by atoms with van der Waals surface area (Å²) in [6, 6.07) is 8.65. The molecule has 1 fully saturated rings. The van der Waals surface area contributed by atoms with Crippen molar-refractivity contribution in [3.63, 3.8) is 0 Å². The number of nitrogens with zero attached hydrogens (tertiary/aromatic N) is 1. The molecule has 0 aliphatic heterocycles. The van der Waals surface area contributed by atoms with E-state index in [0.29, 0.717) is 24.3 Å². The van der Waals surface area contributed by atoms with Crippen molar-refractivity contribution in [2.75, 3.05) is 33.9 Å². The van der Waals surface area contributed by atoms with Crippen LogP contribution in [-0.2, 0) is 20.7 Å². The minimum Gasteiger partial charge on any atom is -0.375 e. The van der Waals surface area contributed by atoms with E-state index >= 15 is 0 Å². The molecule has 0 unspecified atom stereocenters. The fraction of sp³-hybridized carbons (Fsp3) is 0.556. The monoisotopic (exact) mass is 316 g/mol. The standard InChI is InChI=1S/C18H24N2O3/c1-20(17(22)11-23-2)10-16(21)19-9-15-14-8-7-12-5-3-4-6-13(12)18(14)15/h3-6,14-15,18H,7-11H2,1-2H3,(H,19,21)/t14-,15-,18+/m1/s1. The molecule has 124 valence electrons. The Balaban J connectivity index is 1.47. The lowest BCUT2D eigenvalue weighted by Gasteiger charge is -2.16. The van der Waals surface area contributed by atoms with Crippen LogP contribution < -0.4 is 5.32 Å². The van der Waals surface area contributed by atoms with E-state index in [-0.39, 0.29) is 25.0 Å². The van der Waals surface area contributed by atoms with Gasteiger partial charge in [0.15, 0.2) is 0 Å². The molecule has 0 bridgehead atoms. The summed E-state index contributed by atoms with van der Waals surface area (Å²) in [6.07, 6.45) is 2.37. The number of benzene rings is 1. The summed E-state index contributed by atoms with van der Waals surface area (Å²) in [4.78, 5) is 25.0.